The summed E-state index contributed by atoms with van der Waals surface area (Å²) in [7, 11) is 0. The molecular weight excluding hydrogens is 176 g/mol. The number of allylic oxidation sites excluding steroid dienone is 1. The Kier molecular flexibility index (Phi) is 8.54. The number of carbonyl (C=O) groups is 1. The second kappa shape index (κ2) is 8.95. The van der Waals surface area contributed by atoms with Gasteiger partial charge in [0, 0.05) is 12.8 Å². The molecule has 0 aromatic rings. The maximum atomic E-state index is 11.3. The van der Waals surface area contributed by atoms with E-state index in [9.17, 15) is 9.90 Å². The van der Waals surface area contributed by atoms with Gasteiger partial charge < -0.3 is 5.11 Å². The number of Topliss-reactive ketones (excluding diaryl/α,β-unsaturated/α-hetero) is 1. The predicted octanol–water partition coefficient (Wildman–Crippen LogP) is 2.85. The lowest BCUT2D eigenvalue weighted by Crippen LogP contribution is -2.10. The van der Waals surface area contributed by atoms with Gasteiger partial charge in [0.05, 0.1) is 6.10 Å². The fourth-order valence-corrected chi connectivity index (χ4v) is 1.37. The molecule has 0 rings (SSSR count). The van der Waals surface area contributed by atoms with Crippen LogP contribution >= 0.6 is 0 Å². The monoisotopic (exact) mass is 198 g/mol. The van der Waals surface area contributed by atoms with Crippen molar-refractivity contribution in [3.05, 3.63) is 12.2 Å². The normalized spacial score (nSPS) is 13.4. The zero-order chi connectivity index (χ0) is 10.8. The fraction of sp³-hybridized carbons (Fsp3) is 0.750. The molecule has 0 fully saturated rings. The maximum Gasteiger partial charge on any atom is 0.135 e. The number of unbranched alkanes of at least 4 members (excludes halogenated alkanes) is 3. The van der Waals surface area contributed by atoms with E-state index in [1.54, 1.807) is 12.2 Å². The van der Waals surface area contributed by atoms with E-state index in [0.717, 1.165) is 12.8 Å². The molecule has 0 heterocycles. The number of ketones is 1. The quantitative estimate of drug-likeness (QED) is 0.481. The van der Waals surface area contributed by atoms with E-state index < -0.39 is 6.10 Å². The van der Waals surface area contributed by atoms with Crippen LogP contribution in [-0.4, -0.2) is 17.0 Å². The lowest BCUT2D eigenvalue weighted by atomic mass is 10.1. The minimum Gasteiger partial charge on any atom is -0.389 e. The smallest absolute Gasteiger partial charge is 0.135 e. The molecule has 2 heteroatoms. The zero-order valence-corrected chi connectivity index (χ0v) is 9.33. The summed E-state index contributed by atoms with van der Waals surface area (Å²) in [5.74, 6) is 0.173. The highest BCUT2D eigenvalue weighted by molar-refractivity contribution is 5.79. The van der Waals surface area contributed by atoms with Crippen LogP contribution in [0.3, 0.4) is 0 Å². The summed E-state index contributed by atoms with van der Waals surface area (Å²) in [5, 5.41) is 9.31. The number of aliphatic hydroxyl groups is 1. The van der Waals surface area contributed by atoms with Gasteiger partial charge in [-0.25, -0.2) is 0 Å². The van der Waals surface area contributed by atoms with E-state index in [-0.39, 0.29) is 12.2 Å². The molecule has 0 spiro atoms. The molecule has 0 saturated heterocycles. The minimum absolute atomic E-state index is 0.173. The van der Waals surface area contributed by atoms with E-state index in [0.29, 0.717) is 6.42 Å². The lowest BCUT2D eigenvalue weighted by molar-refractivity contribution is -0.120. The van der Waals surface area contributed by atoms with Crippen LogP contribution in [-0.2, 0) is 4.79 Å². The van der Waals surface area contributed by atoms with Gasteiger partial charge >= 0.3 is 0 Å². The third kappa shape index (κ3) is 7.99. The van der Waals surface area contributed by atoms with Crippen LogP contribution in [0.15, 0.2) is 12.2 Å². The number of rotatable bonds is 8. The van der Waals surface area contributed by atoms with Gasteiger partial charge in [0.1, 0.15) is 5.78 Å². The van der Waals surface area contributed by atoms with Crippen LogP contribution < -0.4 is 0 Å². The van der Waals surface area contributed by atoms with Crippen molar-refractivity contribution in [2.45, 2.75) is 58.5 Å². The van der Waals surface area contributed by atoms with E-state index in [1.807, 2.05) is 6.92 Å². The first-order chi connectivity index (χ1) is 6.70. The van der Waals surface area contributed by atoms with Crippen molar-refractivity contribution in [3.8, 4) is 0 Å². The highest BCUT2D eigenvalue weighted by Gasteiger charge is 2.06. The molecule has 0 aliphatic carbocycles. The van der Waals surface area contributed by atoms with Crippen molar-refractivity contribution in [1.29, 1.82) is 0 Å². The van der Waals surface area contributed by atoms with Crippen molar-refractivity contribution in [2.24, 2.45) is 0 Å². The Hall–Kier alpha value is -0.630. The van der Waals surface area contributed by atoms with Gasteiger partial charge in [-0.15, -0.1) is 0 Å². The largest absolute Gasteiger partial charge is 0.389 e. The van der Waals surface area contributed by atoms with Gasteiger partial charge in [-0.2, -0.15) is 0 Å². The second-order valence-corrected chi connectivity index (χ2v) is 3.65. The molecule has 0 aromatic carbocycles. The molecule has 0 radical (unpaired) electrons. The Balaban J connectivity index is 3.45. The van der Waals surface area contributed by atoms with Crippen molar-refractivity contribution < 1.29 is 9.90 Å². The van der Waals surface area contributed by atoms with Gasteiger partial charge in [-0.1, -0.05) is 38.3 Å². The Morgan fingerprint density at radius 2 is 2.07 bits per heavy atom. The molecule has 1 unspecified atom stereocenters. The van der Waals surface area contributed by atoms with Crippen molar-refractivity contribution in [2.75, 3.05) is 0 Å². The van der Waals surface area contributed by atoms with Crippen molar-refractivity contribution in [3.63, 3.8) is 0 Å². The first-order valence-electron chi connectivity index (χ1n) is 5.53. The molecule has 82 valence electrons. The summed E-state index contributed by atoms with van der Waals surface area (Å²) in [4.78, 5) is 11.3. The van der Waals surface area contributed by atoms with Crippen LogP contribution in [0.2, 0.25) is 0 Å². The molecule has 0 saturated carbocycles. The summed E-state index contributed by atoms with van der Waals surface area (Å²) in [6, 6.07) is 0. The van der Waals surface area contributed by atoms with Gasteiger partial charge in [-0.05, 0) is 13.3 Å². The van der Waals surface area contributed by atoms with Crippen LogP contribution in [0.4, 0.5) is 0 Å². The van der Waals surface area contributed by atoms with Crippen LogP contribution in [0, 0.1) is 0 Å². The molecule has 0 aromatic heterocycles. The molecule has 0 aliphatic heterocycles. The number of aliphatic hydroxyl groups excluding tert-OH is 1. The molecule has 0 bridgehead atoms. The predicted molar refractivity (Wildman–Crippen MR) is 59.2 cm³/mol. The van der Waals surface area contributed by atoms with E-state index in [4.69, 9.17) is 0 Å². The van der Waals surface area contributed by atoms with Crippen LogP contribution in [0.25, 0.3) is 0 Å². The summed E-state index contributed by atoms with van der Waals surface area (Å²) >= 11 is 0. The van der Waals surface area contributed by atoms with Crippen molar-refractivity contribution in [1.82, 2.24) is 0 Å². The van der Waals surface area contributed by atoms with E-state index >= 15 is 0 Å². The SMILES string of the molecule is C/C=C/C(O)CC(=O)CCCCCC. The first kappa shape index (κ1) is 13.4. The van der Waals surface area contributed by atoms with Gasteiger partial charge in [0.25, 0.3) is 0 Å². The third-order valence-electron chi connectivity index (χ3n) is 2.16. The highest BCUT2D eigenvalue weighted by atomic mass is 16.3. The molecule has 1 atom stereocenters. The number of hydrogen-bond acceptors (Lipinski definition) is 2. The Morgan fingerprint density at radius 1 is 1.36 bits per heavy atom. The highest BCUT2D eigenvalue weighted by Crippen LogP contribution is 2.06. The summed E-state index contributed by atoms with van der Waals surface area (Å²) < 4.78 is 0. The molecule has 14 heavy (non-hydrogen) atoms. The van der Waals surface area contributed by atoms with Crippen molar-refractivity contribution >= 4 is 5.78 Å². The molecule has 0 aliphatic rings. The maximum absolute atomic E-state index is 11.3. The standard InChI is InChI=1S/C12H22O2/c1-3-5-6-7-9-12(14)10-11(13)8-4-2/h4,8,11,13H,3,5-7,9-10H2,1-2H3/b8-4+. The molecule has 0 amide bonds. The summed E-state index contributed by atoms with van der Waals surface area (Å²) in [6.07, 6.45) is 8.22. The first-order valence-corrected chi connectivity index (χ1v) is 5.53. The third-order valence-corrected chi connectivity index (χ3v) is 2.16. The minimum atomic E-state index is -0.585. The van der Waals surface area contributed by atoms with Gasteiger partial charge in [0.15, 0.2) is 0 Å². The average molecular weight is 198 g/mol. The number of hydrogen-bond donors (Lipinski definition) is 1. The van der Waals surface area contributed by atoms with Gasteiger partial charge in [-0.3, -0.25) is 4.79 Å². The summed E-state index contributed by atoms with van der Waals surface area (Å²) in [5.41, 5.74) is 0. The summed E-state index contributed by atoms with van der Waals surface area (Å²) in [6.45, 7) is 3.99. The second-order valence-electron chi connectivity index (χ2n) is 3.65. The molecule has 1 N–H and O–H groups in total. The topological polar surface area (TPSA) is 37.3 Å². The molecule has 2 nitrogen and oxygen atoms in total. The zero-order valence-electron chi connectivity index (χ0n) is 9.33. The van der Waals surface area contributed by atoms with Crippen LogP contribution in [0.5, 0.6) is 0 Å². The van der Waals surface area contributed by atoms with Gasteiger partial charge in [0.2, 0.25) is 0 Å². The Labute approximate surface area is 87.0 Å². The number of carbonyl (C=O) groups excluding carboxylic acids is 1. The molecular formula is C12H22O2. The average Bonchev–Trinajstić information content (AvgIpc) is 2.13. The van der Waals surface area contributed by atoms with E-state index in [1.165, 1.54) is 12.8 Å². The Morgan fingerprint density at radius 3 is 2.64 bits per heavy atom. The Bertz CT molecular complexity index is 173. The van der Waals surface area contributed by atoms with Crippen LogP contribution in [0.1, 0.15) is 52.4 Å². The lowest BCUT2D eigenvalue weighted by Gasteiger charge is -2.04. The fourth-order valence-electron chi connectivity index (χ4n) is 1.37. The van der Waals surface area contributed by atoms with E-state index in [2.05, 4.69) is 6.92 Å².